The topological polar surface area (TPSA) is 122 Å². The first-order chi connectivity index (χ1) is 11.7. The number of nitrogen functional groups attached to an aromatic ring is 1. The predicted octanol–water partition coefficient (Wildman–Crippen LogP) is 2.31. The molecule has 4 aromatic rings. The number of anilines is 1. The van der Waals surface area contributed by atoms with Gasteiger partial charge in [0.1, 0.15) is 18.1 Å². The number of nitriles is 1. The molecular weight excluding hydrogens is 328 g/mol. The Labute approximate surface area is 140 Å². The third kappa shape index (κ3) is 2.15. The molecule has 24 heavy (non-hydrogen) atoms. The molecule has 4 rings (SSSR count). The van der Waals surface area contributed by atoms with E-state index in [-0.39, 0.29) is 11.5 Å². The lowest BCUT2D eigenvalue weighted by Gasteiger charge is -2.11. The van der Waals surface area contributed by atoms with Crippen LogP contribution in [-0.4, -0.2) is 29.7 Å². The molecule has 1 aromatic carbocycles. The molecule has 0 bridgehead atoms. The molecule has 3 N–H and O–H groups in total. The second-order valence-corrected chi connectivity index (χ2v) is 5.41. The fraction of sp³-hybridized carbons (Fsp3) is 0. The lowest BCUT2D eigenvalue weighted by molar-refractivity contribution is 0.975. The van der Waals surface area contributed by atoms with Crippen molar-refractivity contribution >= 4 is 28.3 Å². The SMILES string of the molecule is N#Cc1nc(-c2cc(Cl)c3[nH]ncc3c2)c(-n2ccnc2)nc1N. The van der Waals surface area contributed by atoms with E-state index in [1.807, 2.05) is 12.1 Å². The van der Waals surface area contributed by atoms with Gasteiger partial charge in [-0.3, -0.25) is 9.67 Å². The summed E-state index contributed by atoms with van der Waals surface area (Å²) in [6.07, 6.45) is 6.58. The molecule has 3 heterocycles. The zero-order chi connectivity index (χ0) is 16.7. The Morgan fingerprint density at radius 2 is 2.17 bits per heavy atom. The van der Waals surface area contributed by atoms with Crippen LogP contribution in [0.4, 0.5) is 5.82 Å². The van der Waals surface area contributed by atoms with E-state index in [2.05, 4.69) is 25.1 Å². The molecule has 0 unspecified atom stereocenters. The zero-order valence-corrected chi connectivity index (χ0v) is 12.9. The molecule has 116 valence electrons. The van der Waals surface area contributed by atoms with Crippen molar-refractivity contribution in [3.63, 3.8) is 0 Å². The third-order valence-corrected chi connectivity index (χ3v) is 3.83. The number of hydrogen-bond acceptors (Lipinski definition) is 6. The number of nitrogens with two attached hydrogens (primary N) is 1. The van der Waals surface area contributed by atoms with Gasteiger partial charge in [0.05, 0.1) is 16.7 Å². The number of rotatable bonds is 2. The van der Waals surface area contributed by atoms with E-state index in [4.69, 9.17) is 17.3 Å². The first-order valence-electron chi connectivity index (χ1n) is 6.86. The van der Waals surface area contributed by atoms with Gasteiger partial charge in [-0.05, 0) is 12.1 Å². The number of H-pyrrole nitrogens is 1. The summed E-state index contributed by atoms with van der Waals surface area (Å²) in [5.74, 6) is 0.517. The Balaban J connectivity index is 2.03. The lowest BCUT2D eigenvalue weighted by Crippen LogP contribution is -2.07. The van der Waals surface area contributed by atoms with Crippen LogP contribution in [0.15, 0.2) is 37.1 Å². The van der Waals surface area contributed by atoms with Gasteiger partial charge in [-0.2, -0.15) is 10.4 Å². The van der Waals surface area contributed by atoms with E-state index in [0.717, 1.165) is 10.9 Å². The molecule has 0 fully saturated rings. The number of aromatic nitrogens is 6. The highest BCUT2D eigenvalue weighted by molar-refractivity contribution is 6.35. The molecule has 0 aliphatic carbocycles. The summed E-state index contributed by atoms with van der Waals surface area (Å²) in [6.45, 7) is 0. The van der Waals surface area contributed by atoms with Crippen LogP contribution in [0.3, 0.4) is 0 Å². The summed E-state index contributed by atoms with van der Waals surface area (Å²) < 4.78 is 1.67. The van der Waals surface area contributed by atoms with E-state index in [0.29, 0.717) is 22.1 Å². The molecule has 0 radical (unpaired) electrons. The summed E-state index contributed by atoms with van der Waals surface area (Å²) in [5.41, 5.74) is 7.77. The maximum absolute atomic E-state index is 9.21. The second-order valence-electron chi connectivity index (χ2n) is 5.00. The molecule has 0 amide bonds. The highest BCUT2D eigenvalue weighted by Crippen LogP contribution is 2.31. The van der Waals surface area contributed by atoms with Gasteiger partial charge in [0.2, 0.25) is 0 Å². The van der Waals surface area contributed by atoms with Crippen LogP contribution >= 0.6 is 11.6 Å². The van der Waals surface area contributed by atoms with Gasteiger partial charge in [-0.25, -0.2) is 15.0 Å². The smallest absolute Gasteiger partial charge is 0.183 e. The minimum absolute atomic E-state index is 0.0530. The van der Waals surface area contributed by atoms with Crippen molar-refractivity contribution in [1.29, 1.82) is 5.26 Å². The lowest BCUT2D eigenvalue weighted by atomic mass is 10.1. The van der Waals surface area contributed by atoms with Crippen molar-refractivity contribution in [3.8, 4) is 23.1 Å². The maximum atomic E-state index is 9.21. The van der Waals surface area contributed by atoms with E-state index >= 15 is 0 Å². The summed E-state index contributed by atoms with van der Waals surface area (Å²) in [7, 11) is 0. The highest BCUT2D eigenvalue weighted by Gasteiger charge is 2.17. The number of aromatic amines is 1. The first-order valence-corrected chi connectivity index (χ1v) is 7.24. The van der Waals surface area contributed by atoms with Gasteiger partial charge in [0, 0.05) is 23.3 Å². The summed E-state index contributed by atoms with van der Waals surface area (Å²) in [6, 6.07) is 5.56. The number of benzene rings is 1. The van der Waals surface area contributed by atoms with E-state index in [1.54, 1.807) is 35.6 Å². The Bertz CT molecular complexity index is 1090. The molecule has 8 nitrogen and oxygen atoms in total. The monoisotopic (exact) mass is 336 g/mol. The number of nitrogens with one attached hydrogen (secondary N) is 1. The fourth-order valence-corrected chi connectivity index (χ4v) is 2.70. The Hall–Kier alpha value is -3.44. The zero-order valence-electron chi connectivity index (χ0n) is 12.1. The Morgan fingerprint density at radius 3 is 2.92 bits per heavy atom. The van der Waals surface area contributed by atoms with Crippen LogP contribution in [0.5, 0.6) is 0 Å². The number of nitrogens with zero attached hydrogens (tertiary/aromatic N) is 6. The number of hydrogen-bond donors (Lipinski definition) is 2. The van der Waals surface area contributed by atoms with Crippen molar-refractivity contribution in [1.82, 2.24) is 29.7 Å². The minimum atomic E-state index is 0.0530. The third-order valence-electron chi connectivity index (χ3n) is 3.53. The molecule has 0 saturated heterocycles. The van der Waals surface area contributed by atoms with Gasteiger partial charge in [0.15, 0.2) is 17.3 Å². The van der Waals surface area contributed by atoms with Crippen LogP contribution < -0.4 is 5.73 Å². The van der Waals surface area contributed by atoms with E-state index < -0.39 is 0 Å². The van der Waals surface area contributed by atoms with Crippen molar-refractivity contribution in [2.45, 2.75) is 0 Å². The average Bonchev–Trinajstić information content (AvgIpc) is 3.26. The molecular formula is C15H9ClN8. The van der Waals surface area contributed by atoms with Crippen molar-refractivity contribution in [3.05, 3.63) is 47.8 Å². The molecule has 0 aliphatic rings. The first kappa shape index (κ1) is 14.2. The fourth-order valence-electron chi connectivity index (χ4n) is 2.43. The van der Waals surface area contributed by atoms with Gasteiger partial charge in [0.25, 0.3) is 0 Å². The standard InChI is InChI=1S/C15H9ClN8/c16-10-4-8(3-9-6-20-23-12(9)10)13-15(24-2-1-19-7-24)22-14(18)11(5-17)21-13/h1-4,6-7H,(H2,18,22)(H,20,23). The van der Waals surface area contributed by atoms with Crippen LogP contribution in [-0.2, 0) is 0 Å². The molecule has 0 aliphatic heterocycles. The van der Waals surface area contributed by atoms with Crippen LogP contribution in [0.2, 0.25) is 5.02 Å². The minimum Gasteiger partial charge on any atom is -0.381 e. The van der Waals surface area contributed by atoms with Crippen molar-refractivity contribution in [2.75, 3.05) is 5.73 Å². The Kier molecular flexibility index (Phi) is 3.15. The predicted molar refractivity (Wildman–Crippen MR) is 88.4 cm³/mol. The second kappa shape index (κ2) is 5.33. The maximum Gasteiger partial charge on any atom is 0.183 e. The normalized spacial score (nSPS) is 10.8. The van der Waals surface area contributed by atoms with Gasteiger partial charge >= 0.3 is 0 Å². The largest absolute Gasteiger partial charge is 0.381 e. The highest BCUT2D eigenvalue weighted by atomic mass is 35.5. The van der Waals surface area contributed by atoms with Gasteiger partial charge in [-0.1, -0.05) is 11.6 Å². The quantitative estimate of drug-likeness (QED) is 0.579. The van der Waals surface area contributed by atoms with Crippen molar-refractivity contribution < 1.29 is 0 Å². The average molecular weight is 337 g/mol. The molecule has 3 aromatic heterocycles. The number of fused-ring (bicyclic) bond motifs is 1. The number of halogens is 1. The van der Waals surface area contributed by atoms with Crippen LogP contribution in [0, 0.1) is 11.3 Å². The molecule has 0 saturated carbocycles. The van der Waals surface area contributed by atoms with Gasteiger partial charge in [-0.15, -0.1) is 0 Å². The molecule has 0 atom stereocenters. The molecule has 9 heteroatoms. The van der Waals surface area contributed by atoms with Gasteiger partial charge < -0.3 is 5.73 Å². The molecule has 0 spiro atoms. The van der Waals surface area contributed by atoms with E-state index in [9.17, 15) is 5.26 Å². The summed E-state index contributed by atoms with van der Waals surface area (Å²) >= 11 is 6.31. The van der Waals surface area contributed by atoms with E-state index in [1.165, 1.54) is 0 Å². The Morgan fingerprint density at radius 1 is 1.29 bits per heavy atom. The van der Waals surface area contributed by atoms with Crippen LogP contribution in [0.1, 0.15) is 5.69 Å². The summed E-state index contributed by atoms with van der Waals surface area (Å²) in [4.78, 5) is 12.7. The number of imidazole rings is 1. The van der Waals surface area contributed by atoms with Crippen LogP contribution in [0.25, 0.3) is 28.0 Å². The van der Waals surface area contributed by atoms with Crippen molar-refractivity contribution in [2.24, 2.45) is 0 Å². The summed E-state index contributed by atoms with van der Waals surface area (Å²) in [5, 5.41) is 17.4.